The summed E-state index contributed by atoms with van der Waals surface area (Å²) in [5, 5.41) is 5.65. The number of H-pyrrole nitrogens is 1. The molecule has 0 spiro atoms. The van der Waals surface area contributed by atoms with Crippen LogP contribution >= 0.6 is 11.8 Å². The molecule has 1 aliphatic heterocycles. The topological polar surface area (TPSA) is 113 Å². The summed E-state index contributed by atoms with van der Waals surface area (Å²) in [6.07, 6.45) is 1.64. The first kappa shape index (κ1) is 17.0. The summed E-state index contributed by atoms with van der Waals surface area (Å²) in [5.74, 6) is -0.902. The van der Waals surface area contributed by atoms with Crippen LogP contribution in [0.2, 0.25) is 0 Å². The van der Waals surface area contributed by atoms with E-state index in [0.29, 0.717) is 16.6 Å². The monoisotopic (exact) mass is 360 g/mol. The average molecular weight is 360 g/mol. The molecule has 0 fully saturated rings. The standard InChI is InChI=1S/C16H16N4O4S/c1-24-9-5-3-8(4-6-9)17-14(22)10-7-11(21)18-13-12(10)15(23)20-16(19-13)25-2/h3-6,10H,7H2,1-2H3,(H,17,22)(H2,18,19,20,21,23)/t10-/m0/s1. The molecule has 1 aromatic heterocycles. The number of benzene rings is 1. The minimum absolute atomic E-state index is 0.113. The Morgan fingerprint density at radius 1 is 1.32 bits per heavy atom. The highest BCUT2D eigenvalue weighted by Gasteiger charge is 2.34. The highest BCUT2D eigenvalue weighted by molar-refractivity contribution is 7.98. The number of carbonyl (C=O) groups is 2. The number of methoxy groups -OCH3 is 1. The number of rotatable bonds is 4. The van der Waals surface area contributed by atoms with Crippen molar-refractivity contribution in [2.75, 3.05) is 24.0 Å². The van der Waals surface area contributed by atoms with E-state index in [9.17, 15) is 14.4 Å². The zero-order valence-electron chi connectivity index (χ0n) is 13.6. The smallest absolute Gasteiger partial charge is 0.257 e. The number of carbonyl (C=O) groups excluding carboxylic acids is 2. The lowest BCUT2D eigenvalue weighted by Crippen LogP contribution is -2.36. The van der Waals surface area contributed by atoms with Gasteiger partial charge < -0.3 is 20.4 Å². The van der Waals surface area contributed by atoms with Crippen LogP contribution in [-0.2, 0) is 9.59 Å². The molecule has 1 atom stereocenters. The van der Waals surface area contributed by atoms with Crippen molar-refractivity contribution < 1.29 is 14.3 Å². The third-order valence-electron chi connectivity index (χ3n) is 3.80. The van der Waals surface area contributed by atoms with E-state index >= 15 is 0 Å². The highest BCUT2D eigenvalue weighted by atomic mass is 32.2. The van der Waals surface area contributed by atoms with E-state index in [1.165, 1.54) is 11.8 Å². The molecule has 1 aromatic carbocycles. The summed E-state index contributed by atoms with van der Waals surface area (Å²) in [6, 6.07) is 6.77. The average Bonchev–Trinajstić information content (AvgIpc) is 2.61. The first-order valence-corrected chi connectivity index (χ1v) is 8.67. The SMILES string of the molecule is COc1ccc(NC(=O)[C@H]2CC(=O)Nc3nc(SC)[nH]c(=O)c32)cc1. The van der Waals surface area contributed by atoms with Gasteiger partial charge in [0.05, 0.1) is 18.6 Å². The molecular weight excluding hydrogens is 344 g/mol. The lowest BCUT2D eigenvalue weighted by molar-refractivity contribution is -0.123. The molecule has 0 aliphatic carbocycles. The van der Waals surface area contributed by atoms with E-state index in [-0.39, 0.29) is 23.7 Å². The number of nitrogens with one attached hydrogen (secondary N) is 3. The van der Waals surface area contributed by atoms with Gasteiger partial charge in [-0.2, -0.15) is 0 Å². The second-order valence-corrected chi connectivity index (χ2v) is 6.16. The summed E-state index contributed by atoms with van der Waals surface area (Å²) >= 11 is 1.24. The van der Waals surface area contributed by atoms with Crippen LogP contribution in [0.25, 0.3) is 0 Å². The quantitative estimate of drug-likeness (QED) is 0.563. The van der Waals surface area contributed by atoms with E-state index in [0.717, 1.165) is 0 Å². The number of ether oxygens (including phenoxy) is 1. The fourth-order valence-electron chi connectivity index (χ4n) is 2.58. The maximum absolute atomic E-state index is 12.6. The summed E-state index contributed by atoms with van der Waals surface area (Å²) in [5.41, 5.74) is 0.288. The molecule has 8 nitrogen and oxygen atoms in total. The van der Waals surface area contributed by atoms with Crippen LogP contribution < -0.4 is 20.9 Å². The molecular formula is C16H16N4O4S. The van der Waals surface area contributed by atoms with Crippen LogP contribution in [-0.4, -0.2) is 35.1 Å². The molecule has 0 bridgehead atoms. The Bertz CT molecular complexity index is 879. The molecule has 0 saturated carbocycles. The van der Waals surface area contributed by atoms with Crippen LogP contribution in [0.3, 0.4) is 0 Å². The van der Waals surface area contributed by atoms with Gasteiger partial charge in [-0.25, -0.2) is 4.98 Å². The van der Waals surface area contributed by atoms with Crippen molar-refractivity contribution in [1.82, 2.24) is 9.97 Å². The van der Waals surface area contributed by atoms with E-state index < -0.39 is 17.4 Å². The Hall–Kier alpha value is -2.81. The van der Waals surface area contributed by atoms with Crippen molar-refractivity contribution in [1.29, 1.82) is 0 Å². The van der Waals surface area contributed by atoms with Crippen molar-refractivity contribution in [2.24, 2.45) is 0 Å². The lowest BCUT2D eigenvalue weighted by Gasteiger charge is -2.23. The normalized spacial score (nSPS) is 15.9. The molecule has 3 N–H and O–H groups in total. The van der Waals surface area contributed by atoms with Gasteiger partial charge in [-0.15, -0.1) is 0 Å². The van der Waals surface area contributed by atoms with E-state index in [4.69, 9.17) is 4.74 Å². The molecule has 9 heteroatoms. The fourth-order valence-corrected chi connectivity index (χ4v) is 2.95. The molecule has 1 aliphatic rings. The molecule has 130 valence electrons. The van der Waals surface area contributed by atoms with Crippen LogP contribution in [0.4, 0.5) is 11.5 Å². The fraction of sp³-hybridized carbons (Fsp3) is 0.250. The maximum Gasteiger partial charge on any atom is 0.257 e. The zero-order chi connectivity index (χ0) is 18.0. The summed E-state index contributed by atoms with van der Waals surface area (Å²) in [7, 11) is 1.55. The van der Waals surface area contributed by atoms with Gasteiger partial charge in [0.1, 0.15) is 11.6 Å². The molecule has 2 heterocycles. The van der Waals surface area contributed by atoms with Crippen LogP contribution in [0.15, 0.2) is 34.2 Å². The second-order valence-electron chi connectivity index (χ2n) is 5.36. The minimum Gasteiger partial charge on any atom is -0.497 e. The van der Waals surface area contributed by atoms with Gasteiger partial charge >= 0.3 is 0 Å². The summed E-state index contributed by atoms with van der Waals surface area (Å²) in [6.45, 7) is 0. The Morgan fingerprint density at radius 2 is 2.04 bits per heavy atom. The highest BCUT2D eigenvalue weighted by Crippen LogP contribution is 2.30. The van der Waals surface area contributed by atoms with Crippen LogP contribution in [0.1, 0.15) is 17.9 Å². The second kappa shape index (κ2) is 6.98. The predicted molar refractivity (Wildman–Crippen MR) is 94.3 cm³/mol. The lowest BCUT2D eigenvalue weighted by atomic mass is 9.92. The first-order chi connectivity index (χ1) is 12.0. The maximum atomic E-state index is 12.6. The Kier molecular flexibility index (Phi) is 4.75. The van der Waals surface area contributed by atoms with Gasteiger partial charge in [-0.3, -0.25) is 14.4 Å². The number of amides is 2. The number of thioether (sulfide) groups is 1. The summed E-state index contributed by atoms with van der Waals surface area (Å²) in [4.78, 5) is 43.7. The van der Waals surface area contributed by atoms with Gasteiger partial charge in [0.2, 0.25) is 11.8 Å². The Balaban J connectivity index is 1.90. The largest absolute Gasteiger partial charge is 0.497 e. The van der Waals surface area contributed by atoms with Crippen LogP contribution in [0.5, 0.6) is 5.75 Å². The molecule has 2 amide bonds. The Morgan fingerprint density at radius 3 is 2.68 bits per heavy atom. The number of hydrogen-bond acceptors (Lipinski definition) is 6. The molecule has 0 unspecified atom stereocenters. The van der Waals surface area contributed by atoms with Crippen molar-refractivity contribution >= 4 is 35.1 Å². The molecule has 3 rings (SSSR count). The number of nitrogens with zero attached hydrogens (tertiary/aromatic N) is 1. The molecule has 0 saturated heterocycles. The van der Waals surface area contributed by atoms with Gasteiger partial charge in [0, 0.05) is 12.1 Å². The minimum atomic E-state index is -0.905. The molecule has 25 heavy (non-hydrogen) atoms. The van der Waals surface area contributed by atoms with Gasteiger partial charge in [0.25, 0.3) is 5.56 Å². The van der Waals surface area contributed by atoms with Gasteiger partial charge in [0.15, 0.2) is 5.16 Å². The van der Waals surface area contributed by atoms with Crippen LogP contribution in [0, 0.1) is 0 Å². The number of anilines is 2. The van der Waals surface area contributed by atoms with E-state index in [1.54, 1.807) is 37.6 Å². The number of aromatic nitrogens is 2. The summed E-state index contributed by atoms with van der Waals surface area (Å²) < 4.78 is 5.07. The van der Waals surface area contributed by atoms with E-state index in [1.807, 2.05) is 0 Å². The third kappa shape index (κ3) is 3.50. The molecule has 2 aromatic rings. The van der Waals surface area contributed by atoms with Crippen molar-refractivity contribution in [3.05, 3.63) is 40.2 Å². The van der Waals surface area contributed by atoms with Gasteiger partial charge in [-0.1, -0.05) is 11.8 Å². The predicted octanol–water partition coefficient (Wildman–Crippen LogP) is 1.56. The first-order valence-electron chi connectivity index (χ1n) is 7.44. The van der Waals surface area contributed by atoms with Crippen molar-refractivity contribution in [3.8, 4) is 5.75 Å². The van der Waals surface area contributed by atoms with E-state index in [2.05, 4.69) is 20.6 Å². The number of hydrogen-bond donors (Lipinski definition) is 3. The molecule has 0 radical (unpaired) electrons. The Labute approximate surface area is 147 Å². The van der Waals surface area contributed by atoms with Gasteiger partial charge in [-0.05, 0) is 30.5 Å². The number of fused-ring (bicyclic) bond motifs is 1. The third-order valence-corrected chi connectivity index (χ3v) is 4.38. The number of aromatic amines is 1. The van der Waals surface area contributed by atoms with Crippen molar-refractivity contribution in [2.45, 2.75) is 17.5 Å². The zero-order valence-corrected chi connectivity index (χ0v) is 14.4. The van der Waals surface area contributed by atoms with Crippen molar-refractivity contribution in [3.63, 3.8) is 0 Å².